The Labute approximate surface area is 204 Å². The fourth-order valence-corrected chi connectivity index (χ4v) is 3.52. The van der Waals surface area contributed by atoms with Crippen molar-refractivity contribution in [2.75, 3.05) is 39.4 Å². The van der Waals surface area contributed by atoms with Crippen LogP contribution in [0.25, 0.3) is 0 Å². The van der Waals surface area contributed by atoms with E-state index in [0.29, 0.717) is 24.6 Å². The van der Waals surface area contributed by atoms with Crippen molar-refractivity contribution in [3.05, 3.63) is 23.9 Å². The molecule has 0 atom stereocenters. The van der Waals surface area contributed by atoms with Gasteiger partial charge in [-0.3, -0.25) is 0 Å². The summed E-state index contributed by atoms with van der Waals surface area (Å²) in [6.45, 7) is 12.6. The molecule has 0 amide bonds. The lowest BCUT2D eigenvalue weighted by Gasteiger charge is -2.33. The van der Waals surface area contributed by atoms with E-state index in [0.717, 1.165) is 69.7 Å². The summed E-state index contributed by atoms with van der Waals surface area (Å²) < 4.78 is 11.5. The molecule has 1 saturated heterocycles. The number of hydrogen-bond donors (Lipinski definition) is 2. The Balaban J connectivity index is 0.00000341. The highest BCUT2D eigenvalue weighted by atomic mass is 127. The van der Waals surface area contributed by atoms with Gasteiger partial charge in [0.1, 0.15) is 0 Å². The van der Waals surface area contributed by atoms with Gasteiger partial charge in [0, 0.05) is 44.5 Å². The molecule has 1 saturated carbocycles. The summed E-state index contributed by atoms with van der Waals surface area (Å²) in [7, 11) is 0. The molecule has 1 aromatic heterocycles. The van der Waals surface area contributed by atoms with Crippen LogP contribution >= 0.6 is 24.0 Å². The predicted molar refractivity (Wildman–Crippen MR) is 136 cm³/mol. The average Bonchev–Trinajstić information content (AvgIpc) is 3.57. The van der Waals surface area contributed by atoms with Crippen LogP contribution in [0.5, 0.6) is 5.88 Å². The third-order valence-electron chi connectivity index (χ3n) is 5.51. The van der Waals surface area contributed by atoms with Gasteiger partial charge >= 0.3 is 0 Å². The van der Waals surface area contributed by atoms with Gasteiger partial charge < -0.3 is 25.0 Å². The maximum absolute atomic E-state index is 5.79. The molecule has 1 aromatic rings. The van der Waals surface area contributed by atoms with Gasteiger partial charge in [0.25, 0.3) is 0 Å². The van der Waals surface area contributed by atoms with E-state index in [1.165, 1.54) is 12.8 Å². The van der Waals surface area contributed by atoms with Crippen LogP contribution in [-0.4, -0.2) is 67.4 Å². The van der Waals surface area contributed by atoms with Crippen molar-refractivity contribution >= 4 is 29.9 Å². The summed E-state index contributed by atoms with van der Waals surface area (Å²) in [5.74, 6) is 2.32. The summed E-state index contributed by atoms with van der Waals surface area (Å²) in [6, 6.07) is 4.47. The lowest BCUT2D eigenvalue weighted by molar-refractivity contribution is 0.0532. The molecule has 0 bridgehead atoms. The largest absolute Gasteiger partial charge is 0.477 e. The quantitative estimate of drug-likeness (QED) is 0.252. The predicted octanol–water partition coefficient (Wildman–Crippen LogP) is 3.43. The highest BCUT2D eigenvalue weighted by Gasteiger charge is 2.22. The van der Waals surface area contributed by atoms with Crippen LogP contribution < -0.4 is 15.4 Å². The maximum atomic E-state index is 5.79. The molecule has 2 heterocycles. The Kier molecular flexibility index (Phi) is 11.9. The van der Waals surface area contributed by atoms with Crippen molar-refractivity contribution in [1.29, 1.82) is 0 Å². The molecule has 8 heteroatoms. The number of aliphatic imine (C=N–C) groups is 1. The number of pyridine rings is 1. The standard InChI is InChI=1S/C23H39N5O2.HI/c1-4-24-23(27-21-8-11-28(12-9-21)13-14-29-18(2)3)26-16-20-7-10-25-22(15-20)30-17-19-5-6-19;/h7,10,15,18-19,21H,4-6,8-9,11-14,16-17H2,1-3H3,(H2,24,26,27);1H. The van der Waals surface area contributed by atoms with Crippen molar-refractivity contribution in [1.82, 2.24) is 20.5 Å². The molecule has 176 valence electrons. The molecule has 0 unspecified atom stereocenters. The van der Waals surface area contributed by atoms with Crippen molar-refractivity contribution in [2.45, 2.75) is 65.1 Å². The van der Waals surface area contributed by atoms with Crippen LogP contribution in [0.3, 0.4) is 0 Å². The third-order valence-corrected chi connectivity index (χ3v) is 5.51. The van der Waals surface area contributed by atoms with E-state index >= 15 is 0 Å². The van der Waals surface area contributed by atoms with Gasteiger partial charge in [-0.25, -0.2) is 9.98 Å². The molecule has 2 N–H and O–H groups in total. The molecular weight excluding hydrogens is 505 g/mol. The molecule has 7 nitrogen and oxygen atoms in total. The van der Waals surface area contributed by atoms with Gasteiger partial charge in [0.15, 0.2) is 5.96 Å². The van der Waals surface area contributed by atoms with Crippen molar-refractivity contribution in [3.8, 4) is 5.88 Å². The molecule has 1 aliphatic carbocycles. The smallest absolute Gasteiger partial charge is 0.213 e. The van der Waals surface area contributed by atoms with E-state index in [4.69, 9.17) is 14.5 Å². The number of likely N-dealkylation sites (tertiary alicyclic amines) is 1. The Hall–Kier alpha value is -1.13. The first-order valence-corrected chi connectivity index (χ1v) is 11.6. The van der Waals surface area contributed by atoms with Gasteiger partial charge in [0.05, 0.1) is 25.9 Å². The maximum Gasteiger partial charge on any atom is 0.213 e. The molecule has 0 aromatic carbocycles. The molecule has 2 fully saturated rings. The summed E-state index contributed by atoms with van der Waals surface area (Å²) >= 11 is 0. The summed E-state index contributed by atoms with van der Waals surface area (Å²) in [6.07, 6.45) is 6.94. The second-order valence-corrected chi connectivity index (χ2v) is 8.63. The van der Waals surface area contributed by atoms with E-state index in [-0.39, 0.29) is 24.0 Å². The first-order valence-electron chi connectivity index (χ1n) is 11.6. The van der Waals surface area contributed by atoms with Crippen LogP contribution in [0.1, 0.15) is 52.0 Å². The Bertz CT molecular complexity index is 661. The molecule has 2 aliphatic rings. The van der Waals surface area contributed by atoms with Gasteiger partial charge in [-0.05, 0) is 64.0 Å². The van der Waals surface area contributed by atoms with E-state index < -0.39 is 0 Å². The molecular formula is C23H40IN5O2. The zero-order valence-electron chi connectivity index (χ0n) is 19.3. The zero-order chi connectivity index (χ0) is 21.2. The first-order chi connectivity index (χ1) is 14.6. The van der Waals surface area contributed by atoms with Crippen molar-refractivity contribution in [3.63, 3.8) is 0 Å². The summed E-state index contributed by atoms with van der Waals surface area (Å²) in [4.78, 5) is 11.6. The molecule has 0 spiro atoms. The fraction of sp³-hybridized carbons (Fsp3) is 0.739. The number of piperidine rings is 1. The Morgan fingerprint density at radius 3 is 2.71 bits per heavy atom. The number of nitrogens with one attached hydrogen (secondary N) is 2. The van der Waals surface area contributed by atoms with Crippen LogP contribution in [0.15, 0.2) is 23.3 Å². The molecule has 3 rings (SSSR count). The number of nitrogens with zero attached hydrogens (tertiary/aromatic N) is 3. The number of aromatic nitrogens is 1. The topological polar surface area (TPSA) is 71.0 Å². The minimum absolute atomic E-state index is 0. The van der Waals surface area contributed by atoms with Crippen LogP contribution in [0.4, 0.5) is 0 Å². The van der Waals surface area contributed by atoms with Crippen LogP contribution in [0, 0.1) is 5.92 Å². The highest BCUT2D eigenvalue weighted by Crippen LogP contribution is 2.29. The number of rotatable bonds is 11. The first kappa shape index (κ1) is 26.1. The van der Waals surface area contributed by atoms with Crippen LogP contribution in [-0.2, 0) is 11.3 Å². The van der Waals surface area contributed by atoms with E-state index in [1.54, 1.807) is 0 Å². The molecule has 0 radical (unpaired) electrons. The Morgan fingerprint density at radius 1 is 1.26 bits per heavy atom. The van der Waals surface area contributed by atoms with E-state index in [1.807, 2.05) is 18.3 Å². The van der Waals surface area contributed by atoms with E-state index in [2.05, 4.69) is 41.3 Å². The van der Waals surface area contributed by atoms with Crippen molar-refractivity contribution < 1.29 is 9.47 Å². The zero-order valence-corrected chi connectivity index (χ0v) is 21.6. The average molecular weight is 546 g/mol. The number of ether oxygens (including phenoxy) is 2. The van der Waals surface area contributed by atoms with Gasteiger partial charge in [-0.2, -0.15) is 0 Å². The lowest BCUT2D eigenvalue weighted by Crippen LogP contribution is -2.49. The number of hydrogen-bond acceptors (Lipinski definition) is 5. The molecule has 1 aliphatic heterocycles. The van der Waals surface area contributed by atoms with Crippen molar-refractivity contribution in [2.24, 2.45) is 10.9 Å². The third kappa shape index (κ3) is 10.4. The summed E-state index contributed by atoms with van der Waals surface area (Å²) in [5, 5.41) is 7.00. The normalized spacial score (nSPS) is 18.0. The number of guanidine groups is 1. The second kappa shape index (κ2) is 14.1. The molecule has 31 heavy (non-hydrogen) atoms. The van der Waals surface area contributed by atoms with Crippen LogP contribution in [0.2, 0.25) is 0 Å². The lowest BCUT2D eigenvalue weighted by atomic mass is 10.1. The minimum Gasteiger partial charge on any atom is -0.477 e. The van der Waals surface area contributed by atoms with Gasteiger partial charge in [-0.1, -0.05) is 0 Å². The Morgan fingerprint density at radius 2 is 2.03 bits per heavy atom. The monoisotopic (exact) mass is 545 g/mol. The van der Waals surface area contributed by atoms with Gasteiger partial charge in [-0.15, -0.1) is 24.0 Å². The second-order valence-electron chi connectivity index (χ2n) is 8.63. The number of halogens is 1. The summed E-state index contributed by atoms with van der Waals surface area (Å²) in [5.41, 5.74) is 1.12. The van der Waals surface area contributed by atoms with E-state index in [9.17, 15) is 0 Å². The van der Waals surface area contributed by atoms with Gasteiger partial charge in [0.2, 0.25) is 5.88 Å². The SMILES string of the molecule is CCNC(=NCc1ccnc(OCC2CC2)c1)NC1CCN(CCOC(C)C)CC1.I. The fourth-order valence-electron chi connectivity index (χ4n) is 3.52. The minimum atomic E-state index is 0. The highest BCUT2D eigenvalue weighted by molar-refractivity contribution is 14.0.